The van der Waals surface area contributed by atoms with Crippen LogP contribution >= 0.6 is 0 Å². The van der Waals surface area contributed by atoms with Gasteiger partial charge in [-0.2, -0.15) is 0 Å². The molecule has 3 heteroatoms. The first-order chi connectivity index (χ1) is 11.4. The Bertz CT molecular complexity index is 557. The number of hydrogen-bond donors (Lipinski definition) is 0. The highest BCUT2D eigenvalue weighted by Crippen LogP contribution is 2.72. The van der Waals surface area contributed by atoms with Crippen LogP contribution in [0.4, 0.5) is 0 Å². The van der Waals surface area contributed by atoms with Crippen molar-refractivity contribution in [1.82, 2.24) is 0 Å². The van der Waals surface area contributed by atoms with E-state index in [4.69, 9.17) is 4.74 Å². The van der Waals surface area contributed by atoms with Crippen LogP contribution in [0, 0.1) is 39.9 Å². The molecule has 0 saturated heterocycles. The Hall–Kier alpha value is -0.860. The quantitative estimate of drug-likeness (QED) is 0.556. The van der Waals surface area contributed by atoms with Crippen LogP contribution in [0.1, 0.15) is 71.6 Å². The predicted octanol–water partition coefficient (Wildman–Crippen LogP) is 4.39. The van der Waals surface area contributed by atoms with Crippen LogP contribution in [0.3, 0.4) is 0 Å². The van der Waals surface area contributed by atoms with E-state index < -0.39 is 0 Å². The first-order valence-corrected chi connectivity index (χ1v) is 9.93. The zero-order valence-corrected chi connectivity index (χ0v) is 15.5. The van der Waals surface area contributed by atoms with Crippen molar-refractivity contribution < 1.29 is 14.3 Å². The van der Waals surface area contributed by atoms with Crippen molar-refractivity contribution in [3.8, 4) is 0 Å². The minimum atomic E-state index is -0.133. The third-order valence-corrected chi connectivity index (χ3v) is 8.95. The summed E-state index contributed by atoms with van der Waals surface area (Å²) in [6, 6.07) is 0. The lowest BCUT2D eigenvalue weighted by molar-refractivity contribution is -0.157. The summed E-state index contributed by atoms with van der Waals surface area (Å²) in [5, 5.41) is 0. The second-order valence-electron chi connectivity index (χ2n) is 9.86. The number of esters is 1. The van der Waals surface area contributed by atoms with Crippen LogP contribution in [0.5, 0.6) is 0 Å². The van der Waals surface area contributed by atoms with E-state index in [-0.39, 0.29) is 22.7 Å². The minimum absolute atomic E-state index is 0.0196. The van der Waals surface area contributed by atoms with Crippen LogP contribution < -0.4 is 0 Å². The molecule has 0 N–H and O–H groups in total. The van der Waals surface area contributed by atoms with Crippen LogP contribution in [-0.4, -0.2) is 19.4 Å². The monoisotopic (exact) mass is 332 g/mol. The van der Waals surface area contributed by atoms with Crippen LogP contribution in [-0.2, 0) is 14.3 Å². The molecule has 24 heavy (non-hydrogen) atoms. The third-order valence-electron chi connectivity index (χ3n) is 8.95. The van der Waals surface area contributed by atoms with E-state index in [1.165, 1.54) is 58.3 Å². The van der Waals surface area contributed by atoms with E-state index in [2.05, 4.69) is 13.8 Å². The molecule has 4 rings (SSSR count). The van der Waals surface area contributed by atoms with Gasteiger partial charge in [0.15, 0.2) is 0 Å². The Morgan fingerprint density at radius 3 is 2.54 bits per heavy atom. The summed E-state index contributed by atoms with van der Waals surface area (Å²) in [6.07, 6.45) is 11.8. The van der Waals surface area contributed by atoms with E-state index in [9.17, 15) is 9.59 Å². The van der Waals surface area contributed by atoms with Crippen LogP contribution in [0.25, 0.3) is 0 Å². The standard InChI is InChI=1S/C21H32O3/c1-19(13-22)8-4-9-20(2)16(19)7-10-21-11-14(5-6-17(20)21)15(12-21)18(23)24-3/h13-17H,4-12H2,1-3H3/t14-,15+,16-,17+,19+,20-,21+/m1/s1. The van der Waals surface area contributed by atoms with Crippen molar-refractivity contribution >= 4 is 12.3 Å². The van der Waals surface area contributed by atoms with E-state index in [1.807, 2.05) is 0 Å². The molecule has 3 nitrogen and oxygen atoms in total. The number of aldehydes is 1. The summed E-state index contributed by atoms with van der Waals surface area (Å²) in [7, 11) is 1.54. The lowest BCUT2D eigenvalue weighted by atomic mass is 9.41. The van der Waals surface area contributed by atoms with Gasteiger partial charge >= 0.3 is 5.97 Å². The zero-order valence-electron chi connectivity index (χ0n) is 15.5. The molecule has 7 atom stereocenters. The van der Waals surface area contributed by atoms with Gasteiger partial charge in [-0.15, -0.1) is 0 Å². The number of hydrogen-bond acceptors (Lipinski definition) is 3. The SMILES string of the molecule is COC(=O)[C@H]1C[C@@]23CC[C@H]4[C@@](C)(CCC[C@@]4(C)C=O)[C@@H]2CC[C@@H]1C3. The Kier molecular flexibility index (Phi) is 3.68. The highest BCUT2D eigenvalue weighted by molar-refractivity contribution is 5.73. The van der Waals surface area contributed by atoms with E-state index >= 15 is 0 Å². The molecule has 4 saturated carbocycles. The van der Waals surface area contributed by atoms with Gasteiger partial charge in [0.1, 0.15) is 6.29 Å². The smallest absolute Gasteiger partial charge is 0.308 e. The summed E-state index contributed by atoms with van der Waals surface area (Å²) in [6.45, 7) is 4.69. The van der Waals surface area contributed by atoms with Crippen molar-refractivity contribution in [2.45, 2.75) is 71.6 Å². The molecule has 1 spiro atoms. The molecule has 4 aliphatic carbocycles. The number of ether oxygens (including phenoxy) is 1. The molecule has 4 fully saturated rings. The molecule has 2 bridgehead atoms. The van der Waals surface area contributed by atoms with Crippen molar-refractivity contribution in [1.29, 1.82) is 0 Å². The maximum Gasteiger partial charge on any atom is 0.308 e. The summed E-state index contributed by atoms with van der Waals surface area (Å²) < 4.78 is 5.12. The Morgan fingerprint density at radius 1 is 1.04 bits per heavy atom. The van der Waals surface area contributed by atoms with Gasteiger partial charge in [-0.05, 0) is 80.0 Å². The second kappa shape index (κ2) is 5.32. The van der Waals surface area contributed by atoms with E-state index in [1.54, 1.807) is 0 Å². The van der Waals surface area contributed by atoms with Crippen molar-refractivity contribution in [3.63, 3.8) is 0 Å². The number of fused-ring (bicyclic) bond motifs is 3. The molecule has 0 aromatic carbocycles. The molecule has 134 valence electrons. The molecule has 0 aliphatic heterocycles. The van der Waals surface area contributed by atoms with Crippen molar-refractivity contribution in [2.24, 2.45) is 39.9 Å². The molecule has 0 amide bonds. The molecule has 0 aromatic rings. The fraction of sp³-hybridized carbons (Fsp3) is 0.905. The normalized spacial score (nSPS) is 53.0. The Morgan fingerprint density at radius 2 is 1.83 bits per heavy atom. The molecular weight excluding hydrogens is 300 g/mol. The number of carbonyl (C=O) groups excluding carboxylic acids is 2. The average Bonchev–Trinajstić information content (AvgIpc) is 2.84. The zero-order chi connectivity index (χ0) is 17.2. The van der Waals surface area contributed by atoms with E-state index in [0.717, 1.165) is 12.8 Å². The van der Waals surface area contributed by atoms with Gasteiger partial charge in [0.25, 0.3) is 0 Å². The fourth-order valence-electron chi connectivity index (χ4n) is 8.06. The van der Waals surface area contributed by atoms with Gasteiger partial charge in [0.2, 0.25) is 0 Å². The summed E-state index contributed by atoms with van der Waals surface area (Å²) in [4.78, 5) is 24.2. The van der Waals surface area contributed by atoms with Crippen LogP contribution in [0.15, 0.2) is 0 Å². The number of rotatable bonds is 2. The van der Waals surface area contributed by atoms with Gasteiger partial charge < -0.3 is 9.53 Å². The third kappa shape index (κ3) is 2.02. The highest BCUT2D eigenvalue weighted by atomic mass is 16.5. The highest BCUT2D eigenvalue weighted by Gasteiger charge is 2.65. The molecule has 4 aliphatic rings. The maximum absolute atomic E-state index is 12.3. The van der Waals surface area contributed by atoms with Gasteiger partial charge in [-0.25, -0.2) is 0 Å². The first kappa shape index (κ1) is 16.6. The summed E-state index contributed by atoms with van der Waals surface area (Å²) in [5.41, 5.74) is 0.488. The van der Waals surface area contributed by atoms with Crippen molar-refractivity contribution in [3.05, 3.63) is 0 Å². The minimum Gasteiger partial charge on any atom is -0.469 e. The topological polar surface area (TPSA) is 43.4 Å². The molecule has 0 radical (unpaired) electrons. The Labute approximate surface area is 145 Å². The van der Waals surface area contributed by atoms with Gasteiger partial charge in [0.05, 0.1) is 13.0 Å². The maximum atomic E-state index is 12.3. The largest absolute Gasteiger partial charge is 0.469 e. The average molecular weight is 332 g/mol. The lowest BCUT2D eigenvalue weighted by Gasteiger charge is -2.63. The molecule has 0 heterocycles. The summed E-state index contributed by atoms with van der Waals surface area (Å²) in [5.74, 6) is 1.90. The predicted molar refractivity (Wildman–Crippen MR) is 92.2 cm³/mol. The fourth-order valence-corrected chi connectivity index (χ4v) is 8.06. The second-order valence-corrected chi connectivity index (χ2v) is 9.86. The number of methoxy groups -OCH3 is 1. The van der Waals surface area contributed by atoms with Crippen molar-refractivity contribution in [2.75, 3.05) is 7.11 Å². The first-order valence-electron chi connectivity index (χ1n) is 9.93. The molecule has 0 aromatic heterocycles. The molecule has 0 unspecified atom stereocenters. The lowest BCUT2D eigenvalue weighted by Crippen LogP contribution is -2.56. The summed E-state index contributed by atoms with van der Waals surface area (Å²) >= 11 is 0. The molecular formula is C21H32O3. The number of carbonyl (C=O) groups is 2. The van der Waals surface area contributed by atoms with Gasteiger partial charge in [-0.1, -0.05) is 20.3 Å². The van der Waals surface area contributed by atoms with Crippen LogP contribution in [0.2, 0.25) is 0 Å². The Balaban J connectivity index is 1.68. The van der Waals surface area contributed by atoms with Gasteiger partial charge in [0, 0.05) is 5.41 Å². The van der Waals surface area contributed by atoms with Gasteiger partial charge in [-0.3, -0.25) is 4.79 Å². The van der Waals surface area contributed by atoms with E-state index in [0.29, 0.717) is 23.2 Å².